The van der Waals surface area contributed by atoms with Crippen LogP contribution < -0.4 is 5.73 Å². The second-order valence-corrected chi connectivity index (χ2v) is 3.68. The second-order valence-electron chi connectivity index (χ2n) is 1.58. The standard InChI is InChI=1S/C4H5NO2S/c5-4-2-1-3-8(4)6-7-8/h1-3H,5H2. The third-order valence-electron chi connectivity index (χ3n) is 1.06. The van der Waals surface area contributed by atoms with E-state index in [1.54, 1.807) is 6.08 Å². The first kappa shape index (κ1) is 4.43. The van der Waals surface area contributed by atoms with E-state index in [2.05, 4.69) is 8.67 Å². The third kappa shape index (κ3) is 0.373. The molecule has 0 saturated carbocycles. The van der Waals surface area contributed by atoms with Gasteiger partial charge < -0.3 is 5.73 Å². The van der Waals surface area contributed by atoms with Crippen molar-refractivity contribution >= 4 is 10.6 Å². The molecule has 2 N–H and O–H groups in total. The van der Waals surface area contributed by atoms with Gasteiger partial charge >= 0.3 is 0 Å². The van der Waals surface area contributed by atoms with E-state index in [0.29, 0.717) is 5.03 Å². The molecule has 3 nitrogen and oxygen atoms in total. The van der Waals surface area contributed by atoms with Gasteiger partial charge in [0.2, 0.25) is 0 Å². The molecule has 1 fully saturated rings. The minimum Gasteiger partial charge on any atom is -0.385 e. The van der Waals surface area contributed by atoms with E-state index in [9.17, 15) is 0 Å². The van der Waals surface area contributed by atoms with E-state index >= 15 is 0 Å². The summed E-state index contributed by atoms with van der Waals surface area (Å²) >= 11 is 0. The Bertz CT molecular complexity index is 182. The van der Waals surface area contributed by atoms with Crippen LogP contribution in [0, 0.1) is 0 Å². The van der Waals surface area contributed by atoms with E-state index < -0.39 is 10.6 Å². The van der Waals surface area contributed by atoms with Crippen LogP contribution in [0.5, 0.6) is 0 Å². The Kier molecular flexibility index (Phi) is 0.609. The van der Waals surface area contributed by atoms with Gasteiger partial charge in [0.05, 0.1) is 0 Å². The molecule has 1 spiro atoms. The van der Waals surface area contributed by atoms with E-state index in [1.807, 2.05) is 11.5 Å². The Morgan fingerprint density at radius 2 is 2.25 bits per heavy atom. The maximum atomic E-state index is 5.46. The molecule has 44 valence electrons. The predicted octanol–water partition coefficient (Wildman–Crippen LogP) is 0.910. The first-order chi connectivity index (χ1) is 3.83. The SMILES string of the molecule is NC1=CC=CS12OO2. The number of hydrogen-bond donors (Lipinski definition) is 1. The maximum absolute atomic E-state index is 5.46. The van der Waals surface area contributed by atoms with E-state index in [-0.39, 0.29) is 0 Å². The Hall–Kier alpha value is -0.450. The Labute approximate surface area is 48.4 Å². The van der Waals surface area contributed by atoms with Gasteiger partial charge in [-0.25, -0.2) is 0 Å². The maximum Gasteiger partial charge on any atom is 0.129 e. The zero-order chi connectivity index (χ0) is 5.61. The Balaban J connectivity index is 2.39. The highest BCUT2D eigenvalue weighted by atomic mass is 32.3. The van der Waals surface area contributed by atoms with Gasteiger partial charge in [0.25, 0.3) is 0 Å². The quantitative estimate of drug-likeness (QED) is 0.392. The lowest BCUT2D eigenvalue weighted by molar-refractivity contribution is 0.0850. The Morgan fingerprint density at radius 3 is 2.50 bits per heavy atom. The fourth-order valence-corrected chi connectivity index (χ4v) is 1.76. The molecule has 0 unspecified atom stereocenters. The summed E-state index contributed by atoms with van der Waals surface area (Å²) in [5.41, 5.74) is 5.46. The van der Waals surface area contributed by atoms with Crippen LogP contribution in [0.4, 0.5) is 0 Å². The molecular weight excluding hydrogens is 126 g/mol. The lowest BCUT2D eigenvalue weighted by Gasteiger charge is -2.02. The summed E-state index contributed by atoms with van der Waals surface area (Å²) in [7, 11) is -1.42. The van der Waals surface area contributed by atoms with Gasteiger partial charge in [-0.3, -0.25) is 0 Å². The zero-order valence-corrected chi connectivity index (χ0v) is 4.85. The summed E-state index contributed by atoms with van der Waals surface area (Å²) in [4.78, 5) is 0. The van der Waals surface area contributed by atoms with E-state index in [4.69, 9.17) is 5.73 Å². The van der Waals surface area contributed by atoms with Crippen LogP contribution in [0.1, 0.15) is 0 Å². The van der Waals surface area contributed by atoms with Crippen molar-refractivity contribution < 1.29 is 8.67 Å². The summed E-state index contributed by atoms with van der Waals surface area (Å²) in [5.74, 6) is 0. The van der Waals surface area contributed by atoms with E-state index in [1.165, 1.54) is 0 Å². The van der Waals surface area contributed by atoms with Crippen LogP contribution in [0.3, 0.4) is 0 Å². The molecule has 0 aromatic heterocycles. The van der Waals surface area contributed by atoms with Gasteiger partial charge in [0, 0.05) is 5.41 Å². The van der Waals surface area contributed by atoms with Crippen LogP contribution in [-0.2, 0) is 8.67 Å². The second kappa shape index (κ2) is 1.10. The smallest absolute Gasteiger partial charge is 0.129 e. The number of rotatable bonds is 0. The van der Waals surface area contributed by atoms with Crippen molar-refractivity contribution in [1.82, 2.24) is 0 Å². The van der Waals surface area contributed by atoms with Crippen molar-refractivity contribution in [2.24, 2.45) is 5.73 Å². The molecule has 2 heterocycles. The van der Waals surface area contributed by atoms with Crippen LogP contribution in [-0.4, -0.2) is 0 Å². The first-order valence-electron chi connectivity index (χ1n) is 2.18. The first-order valence-corrected chi connectivity index (χ1v) is 3.73. The van der Waals surface area contributed by atoms with Crippen LogP contribution >= 0.6 is 10.6 Å². The third-order valence-corrected chi connectivity index (χ3v) is 2.80. The minimum atomic E-state index is -1.42. The minimum absolute atomic E-state index is 0.706. The molecule has 1 saturated heterocycles. The molecule has 2 rings (SSSR count). The van der Waals surface area contributed by atoms with Gasteiger partial charge in [0.15, 0.2) is 0 Å². The molecule has 8 heavy (non-hydrogen) atoms. The number of hydrogen-bond acceptors (Lipinski definition) is 3. The average molecular weight is 131 g/mol. The van der Waals surface area contributed by atoms with Crippen molar-refractivity contribution in [3.63, 3.8) is 0 Å². The normalized spacial score (nSPS) is 32.8. The monoisotopic (exact) mass is 131 g/mol. The highest BCUT2D eigenvalue weighted by Gasteiger charge is 2.41. The number of nitrogens with two attached hydrogens (primary N) is 1. The lowest BCUT2D eigenvalue weighted by atomic mass is 10.6. The molecule has 0 bridgehead atoms. The van der Waals surface area contributed by atoms with Crippen LogP contribution in [0.2, 0.25) is 0 Å². The van der Waals surface area contributed by atoms with Gasteiger partial charge in [0.1, 0.15) is 5.03 Å². The summed E-state index contributed by atoms with van der Waals surface area (Å²) in [6.07, 6.45) is 3.64. The fourth-order valence-electron chi connectivity index (χ4n) is 0.565. The molecule has 0 aliphatic carbocycles. The molecule has 0 atom stereocenters. The van der Waals surface area contributed by atoms with Gasteiger partial charge in [-0.2, -0.15) is 0 Å². The molecule has 0 amide bonds. The molecule has 0 aromatic carbocycles. The summed E-state index contributed by atoms with van der Waals surface area (Å²) in [5, 5.41) is 2.56. The lowest BCUT2D eigenvalue weighted by Crippen LogP contribution is -1.92. The molecule has 2 aliphatic heterocycles. The van der Waals surface area contributed by atoms with Crippen LogP contribution in [0.15, 0.2) is 22.6 Å². The van der Waals surface area contributed by atoms with Crippen molar-refractivity contribution in [1.29, 1.82) is 0 Å². The van der Waals surface area contributed by atoms with Crippen molar-refractivity contribution in [2.75, 3.05) is 0 Å². The zero-order valence-electron chi connectivity index (χ0n) is 4.03. The van der Waals surface area contributed by atoms with Crippen LogP contribution in [0.25, 0.3) is 0 Å². The largest absolute Gasteiger partial charge is 0.385 e. The van der Waals surface area contributed by atoms with Crippen molar-refractivity contribution in [3.8, 4) is 0 Å². The highest BCUT2D eigenvalue weighted by molar-refractivity contribution is 8.34. The molecular formula is C4H5NO2S. The summed E-state index contributed by atoms with van der Waals surface area (Å²) in [6, 6.07) is 0. The van der Waals surface area contributed by atoms with E-state index in [0.717, 1.165) is 0 Å². The van der Waals surface area contributed by atoms with Gasteiger partial charge in [-0.1, -0.05) is 19.3 Å². The highest BCUT2D eigenvalue weighted by Crippen LogP contribution is 2.72. The topological polar surface area (TPSA) is 51.1 Å². The fraction of sp³-hybridized carbons (Fsp3) is 0. The molecule has 0 aromatic rings. The molecule has 2 aliphatic rings. The summed E-state index contributed by atoms with van der Waals surface area (Å²) < 4.78 is 9.34. The van der Waals surface area contributed by atoms with Gasteiger partial charge in [-0.15, -0.1) is 0 Å². The summed E-state index contributed by atoms with van der Waals surface area (Å²) in [6.45, 7) is 0. The van der Waals surface area contributed by atoms with Crippen molar-refractivity contribution in [2.45, 2.75) is 0 Å². The van der Waals surface area contributed by atoms with Crippen molar-refractivity contribution in [3.05, 3.63) is 22.6 Å². The average Bonchev–Trinajstić information content (AvgIpc) is 2.39. The predicted molar refractivity (Wildman–Crippen MR) is 31.2 cm³/mol. The molecule has 4 heteroatoms. The van der Waals surface area contributed by atoms with Gasteiger partial charge in [-0.05, 0) is 12.2 Å². The Morgan fingerprint density at radius 1 is 1.50 bits per heavy atom. The molecule has 0 radical (unpaired) electrons. The number of allylic oxidation sites excluding steroid dienone is 2.